The van der Waals surface area contributed by atoms with Crippen molar-refractivity contribution in [1.82, 2.24) is 9.88 Å². The van der Waals surface area contributed by atoms with E-state index in [1.165, 1.54) is 17.0 Å². The average molecular weight is 604 g/mol. The number of carboxylic acids is 1. The first-order chi connectivity index (χ1) is 21.1. The lowest BCUT2D eigenvalue weighted by Crippen LogP contribution is -2.58. The number of methoxy groups -OCH3 is 2. The van der Waals surface area contributed by atoms with Gasteiger partial charge in [-0.2, -0.15) is 0 Å². The fraction of sp³-hybridized carbons (Fsp3) is 0.194. The Bertz CT molecular complexity index is 1700. The summed E-state index contributed by atoms with van der Waals surface area (Å²) in [5, 5.41) is 13.3. The number of carbonyl (C=O) groups is 4. The van der Waals surface area contributed by atoms with Gasteiger partial charge < -0.3 is 30.5 Å². The summed E-state index contributed by atoms with van der Waals surface area (Å²) < 4.78 is 23.6. The number of hydrogen-bond acceptors (Lipinski definition) is 8. The van der Waals surface area contributed by atoms with Crippen LogP contribution in [0.2, 0.25) is 0 Å². The van der Waals surface area contributed by atoms with Crippen molar-refractivity contribution >= 4 is 51.8 Å². The van der Waals surface area contributed by atoms with Crippen molar-refractivity contribution < 1.29 is 38.1 Å². The zero-order valence-electron chi connectivity index (χ0n) is 24.1. The number of nitrogens with two attached hydrogens (primary N) is 1. The summed E-state index contributed by atoms with van der Waals surface area (Å²) in [5.41, 5.74) is 8.37. The number of fused-ring (bicyclic) bond motifs is 1. The molecule has 1 aliphatic heterocycles. The van der Waals surface area contributed by atoms with E-state index in [1.54, 1.807) is 51.6 Å². The standard InChI is InChI=1S/C18H17N3O3.C13H13FN2O4/c1-23-16-9-13-14(7-8-20-15(13)10-17(16)24-2)21-12-5-3-11(4-6-12)18(19)22;1-2-15-7-10(12(18)19)11(17)16(13(15)20)9-5-3-8(14)4-6-9/h3-10H,1-2H3,(H2,19,22)(H,20,21);3-6,10H,2,7H2,1H3,(H,18,19). The number of rotatable bonds is 8. The molecule has 13 heteroatoms. The molecule has 0 spiro atoms. The van der Waals surface area contributed by atoms with Gasteiger partial charge in [0.25, 0.3) is 5.91 Å². The third kappa shape index (κ3) is 6.67. The Morgan fingerprint density at radius 1 is 1.02 bits per heavy atom. The highest BCUT2D eigenvalue weighted by atomic mass is 19.1. The molecule has 0 radical (unpaired) electrons. The molecule has 1 saturated heterocycles. The summed E-state index contributed by atoms with van der Waals surface area (Å²) in [7, 11) is 3.18. The van der Waals surface area contributed by atoms with Crippen LogP contribution in [0.5, 0.6) is 11.5 Å². The Morgan fingerprint density at radius 2 is 1.66 bits per heavy atom. The highest BCUT2D eigenvalue weighted by Crippen LogP contribution is 2.35. The maximum absolute atomic E-state index is 12.9. The minimum absolute atomic E-state index is 0.152. The number of nitrogens with one attached hydrogen (secondary N) is 1. The van der Waals surface area contributed by atoms with Crippen molar-refractivity contribution in [2.24, 2.45) is 11.7 Å². The number of aliphatic carboxylic acids is 1. The van der Waals surface area contributed by atoms with Gasteiger partial charge in [-0.3, -0.25) is 19.4 Å². The fourth-order valence-corrected chi connectivity index (χ4v) is 4.50. The summed E-state index contributed by atoms with van der Waals surface area (Å²) in [4.78, 5) is 53.0. The number of nitrogens with zero attached hydrogens (tertiary/aromatic N) is 3. The van der Waals surface area contributed by atoms with Gasteiger partial charge in [0.15, 0.2) is 17.4 Å². The quantitative estimate of drug-likeness (QED) is 0.248. The van der Waals surface area contributed by atoms with Gasteiger partial charge in [-0.05, 0) is 67.6 Å². The van der Waals surface area contributed by atoms with Crippen LogP contribution in [0.1, 0.15) is 17.3 Å². The van der Waals surface area contributed by atoms with E-state index in [-0.39, 0.29) is 18.8 Å². The predicted octanol–water partition coefficient (Wildman–Crippen LogP) is 4.41. The molecule has 1 atom stereocenters. The molecule has 1 fully saturated rings. The van der Waals surface area contributed by atoms with Crippen molar-refractivity contribution in [1.29, 1.82) is 0 Å². The van der Waals surface area contributed by atoms with Gasteiger partial charge in [0.2, 0.25) is 5.91 Å². The lowest BCUT2D eigenvalue weighted by Gasteiger charge is -2.36. The molecule has 2 heterocycles. The van der Waals surface area contributed by atoms with Crippen LogP contribution in [0, 0.1) is 11.7 Å². The molecule has 228 valence electrons. The minimum Gasteiger partial charge on any atom is -0.493 e. The summed E-state index contributed by atoms with van der Waals surface area (Å²) >= 11 is 0. The zero-order chi connectivity index (χ0) is 32.0. The van der Waals surface area contributed by atoms with Crippen LogP contribution < -0.4 is 25.4 Å². The number of urea groups is 1. The van der Waals surface area contributed by atoms with Gasteiger partial charge in [-0.15, -0.1) is 0 Å². The lowest BCUT2D eigenvalue weighted by atomic mass is 10.0. The third-order valence-corrected chi connectivity index (χ3v) is 6.84. The second kappa shape index (κ2) is 13.5. The monoisotopic (exact) mass is 603 g/mol. The number of carboxylic acid groups (broad SMARTS) is 1. The maximum atomic E-state index is 12.9. The molecule has 4 N–H and O–H groups in total. The maximum Gasteiger partial charge on any atom is 0.331 e. The molecule has 0 aliphatic carbocycles. The Kier molecular flexibility index (Phi) is 9.58. The number of halogens is 1. The predicted molar refractivity (Wildman–Crippen MR) is 161 cm³/mol. The first-order valence-corrected chi connectivity index (χ1v) is 13.4. The summed E-state index contributed by atoms with van der Waals surface area (Å²) in [6.07, 6.45) is 1.72. The second-order valence-corrected chi connectivity index (χ2v) is 9.51. The van der Waals surface area contributed by atoms with E-state index >= 15 is 0 Å². The van der Waals surface area contributed by atoms with Gasteiger partial charge >= 0.3 is 12.0 Å². The molecule has 44 heavy (non-hydrogen) atoms. The Balaban J connectivity index is 0.000000204. The molecule has 0 saturated carbocycles. The minimum atomic E-state index is -1.31. The number of carbonyl (C=O) groups excluding carboxylic acids is 3. The van der Waals surface area contributed by atoms with Gasteiger partial charge in [0.1, 0.15) is 5.82 Å². The third-order valence-electron chi connectivity index (χ3n) is 6.84. The van der Waals surface area contributed by atoms with Crippen LogP contribution in [0.4, 0.5) is 26.2 Å². The molecule has 4 amide bonds. The van der Waals surface area contributed by atoms with E-state index in [9.17, 15) is 23.6 Å². The van der Waals surface area contributed by atoms with Gasteiger partial charge in [0.05, 0.1) is 25.4 Å². The van der Waals surface area contributed by atoms with Crippen LogP contribution in [-0.4, -0.2) is 66.1 Å². The Hall–Kier alpha value is -5.72. The van der Waals surface area contributed by atoms with E-state index in [4.69, 9.17) is 20.3 Å². The van der Waals surface area contributed by atoms with Crippen LogP contribution in [0.3, 0.4) is 0 Å². The number of hydrogen-bond donors (Lipinski definition) is 3. The summed E-state index contributed by atoms with van der Waals surface area (Å²) in [6, 6.07) is 16.7. The van der Waals surface area contributed by atoms with Gasteiger partial charge in [0, 0.05) is 47.7 Å². The highest BCUT2D eigenvalue weighted by Gasteiger charge is 2.43. The number of aromatic nitrogens is 1. The Labute approximate surface area is 251 Å². The Morgan fingerprint density at radius 3 is 2.23 bits per heavy atom. The molecule has 4 aromatic rings. The van der Waals surface area contributed by atoms with Gasteiger partial charge in [-0.1, -0.05) is 0 Å². The molecular weight excluding hydrogens is 573 g/mol. The van der Waals surface area contributed by atoms with E-state index in [1.807, 2.05) is 18.2 Å². The number of ether oxygens (including phenoxy) is 2. The van der Waals surface area contributed by atoms with E-state index in [2.05, 4.69) is 10.3 Å². The molecule has 1 aliphatic rings. The van der Waals surface area contributed by atoms with Crippen molar-refractivity contribution in [2.75, 3.05) is 37.5 Å². The van der Waals surface area contributed by atoms with Gasteiger partial charge in [-0.25, -0.2) is 14.1 Å². The normalized spacial score (nSPS) is 14.5. The molecule has 12 nitrogen and oxygen atoms in total. The first-order valence-electron chi connectivity index (χ1n) is 13.4. The highest BCUT2D eigenvalue weighted by molar-refractivity contribution is 6.21. The summed E-state index contributed by atoms with van der Waals surface area (Å²) in [5.74, 6) is -3.10. The number of benzene rings is 3. The largest absolute Gasteiger partial charge is 0.493 e. The molecule has 5 rings (SSSR count). The van der Waals surface area contributed by atoms with Crippen molar-refractivity contribution in [3.63, 3.8) is 0 Å². The molecular formula is C31H30FN5O7. The topological polar surface area (TPSA) is 164 Å². The molecule has 1 unspecified atom stereocenters. The van der Waals surface area contributed by atoms with Crippen LogP contribution >= 0.6 is 0 Å². The van der Waals surface area contributed by atoms with E-state index < -0.39 is 35.5 Å². The van der Waals surface area contributed by atoms with E-state index in [0.29, 0.717) is 17.1 Å². The van der Waals surface area contributed by atoms with Crippen LogP contribution in [0.25, 0.3) is 10.9 Å². The van der Waals surface area contributed by atoms with Crippen molar-refractivity contribution in [3.05, 3.63) is 84.3 Å². The smallest absolute Gasteiger partial charge is 0.331 e. The second-order valence-electron chi connectivity index (χ2n) is 9.51. The SMILES string of the molecule is CCN1CC(C(=O)O)C(=O)N(c2ccc(F)cc2)C1=O.COc1cc2nccc(Nc3ccc(C(N)=O)cc3)c2cc1OC. The number of primary amides is 1. The van der Waals surface area contributed by atoms with Crippen LogP contribution in [0.15, 0.2) is 72.9 Å². The van der Waals surface area contributed by atoms with Crippen LogP contribution in [-0.2, 0) is 9.59 Å². The summed E-state index contributed by atoms with van der Waals surface area (Å²) in [6.45, 7) is 1.82. The number of pyridine rings is 1. The molecule has 3 aromatic carbocycles. The lowest BCUT2D eigenvalue weighted by molar-refractivity contribution is -0.147. The zero-order valence-corrected chi connectivity index (χ0v) is 24.1. The number of amides is 4. The van der Waals surface area contributed by atoms with Crippen molar-refractivity contribution in [2.45, 2.75) is 6.92 Å². The number of anilines is 3. The number of imide groups is 1. The first kappa shape index (κ1) is 31.2. The fourth-order valence-electron chi connectivity index (χ4n) is 4.50. The average Bonchev–Trinajstić information content (AvgIpc) is 3.02. The molecule has 0 bridgehead atoms. The van der Waals surface area contributed by atoms with E-state index in [0.717, 1.165) is 39.3 Å². The molecule has 1 aromatic heterocycles. The van der Waals surface area contributed by atoms with Crippen molar-refractivity contribution in [3.8, 4) is 11.5 Å².